The molecule has 1 N–H and O–H groups in total. The summed E-state index contributed by atoms with van der Waals surface area (Å²) in [6.07, 6.45) is -2.66. The highest BCUT2D eigenvalue weighted by Crippen LogP contribution is 2.30. The number of sulfone groups is 1. The molecule has 0 spiro atoms. The summed E-state index contributed by atoms with van der Waals surface area (Å²) in [5.41, 5.74) is 2.54. The Morgan fingerprint density at radius 3 is 2.30 bits per heavy atom. The Hall–Kier alpha value is -3.57. The Morgan fingerprint density at radius 1 is 1.00 bits per heavy atom. The van der Waals surface area contributed by atoms with E-state index in [1.165, 1.54) is 35.7 Å². The van der Waals surface area contributed by atoms with Crippen LogP contribution in [0.25, 0.3) is 11.3 Å². The van der Waals surface area contributed by atoms with Gasteiger partial charge in [0.25, 0.3) is 5.91 Å². The van der Waals surface area contributed by atoms with E-state index in [1.807, 2.05) is 5.38 Å². The molecular weight excluding hydrogens is 523 g/mol. The third-order valence-corrected chi connectivity index (χ3v) is 8.17. The number of rotatable bonds is 8. The van der Waals surface area contributed by atoms with Crippen LogP contribution in [0.4, 0.5) is 13.2 Å². The molecular formula is C26H22F3N3O3S2. The van der Waals surface area contributed by atoms with Crippen molar-refractivity contribution in [2.75, 3.05) is 5.75 Å². The summed E-state index contributed by atoms with van der Waals surface area (Å²) >= 11 is 1.41. The molecule has 11 heteroatoms. The summed E-state index contributed by atoms with van der Waals surface area (Å²) in [4.78, 5) is 21.3. The third kappa shape index (κ3) is 6.60. The molecule has 192 valence electrons. The van der Waals surface area contributed by atoms with Crippen molar-refractivity contribution in [3.8, 4) is 11.3 Å². The van der Waals surface area contributed by atoms with Crippen LogP contribution in [0.1, 0.15) is 39.1 Å². The first-order valence-electron chi connectivity index (χ1n) is 11.2. The Kier molecular flexibility index (Phi) is 7.74. The number of carbonyl (C=O) groups is 1. The van der Waals surface area contributed by atoms with E-state index >= 15 is 0 Å². The highest BCUT2D eigenvalue weighted by atomic mass is 32.2. The minimum atomic E-state index is -4.36. The fourth-order valence-corrected chi connectivity index (χ4v) is 5.10. The van der Waals surface area contributed by atoms with Crippen LogP contribution in [0.15, 0.2) is 77.1 Å². The molecule has 2 aromatic carbocycles. The van der Waals surface area contributed by atoms with Crippen molar-refractivity contribution in [3.05, 3.63) is 99.6 Å². The van der Waals surface area contributed by atoms with Crippen molar-refractivity contribution in [2.24, 2.45) is 0 Å². The number of hydrogen-bond acceptors (Lipinski definition) is 6. The molecule has 0 unspecified atom stereocenters. The molecule has 0 fully saturated rings. The van der Waals surface area contributed by atoms with Gasteiger partial charge in [0.05, 0.1) is 39.2 Å². The summed E-state index contributed by atoms with van der Waals surface area (Å²) in [5.74, 6) is -0.317. The SMILES string of the molecule is CCS(=O)(=O)c1ccc(CNC(=O)c2ccc(-c3csc(Cc4ccc(C(F)(F)F)cc4)n3)cc2)nc1. The van der Waals surface area contributed by atoms with Crippen molar-refractivity contribution in [1.29, 1.82) is 0 Å². The summed E-state index contributed by atoms with van der Waals surface area (Å²) in [6.45, 7) is 1.71. The van der Waals surface area contributed by atoms with Crippen molar-refractivity contribution in [1.82, 2.24) is 15.3 Å². The highest BCUT2D eigenvalue weighted by molar-refractivity contribution is 7.91. The van der Waals surface area contributed by atoms with E-state index in [2.05, 4.69) is 15.3 Å². The highest BCUT2D eigenvalue weighted by Gasteiger charge is 2.29. The largest absolute Gasteiger partial charge is 0.416 e. The van der Waals surface area contributed by atoms with Crippen molar-refractivity contribution >= 4 is 27.1 Å². The zero-order valence-corrected chi connectivity index (χ0v) is 21.3. The van der Waals surface area contributed by atoms with Gasteiger partial charge in [0.1, 0.15) is 0 Å². The standard InChI is InChI=1S/C26H22F3N3O3S2/c1-2-37(34,35)22-12-11-21(30-15-22)14-31-25(33)19-7-5-18(6-8-19)23-16-36-24(32-23)13-17-3-9-20(10-4-17)26(27,28)29/h3-12,15-16H,2,13-14H2,1H3,(H,31,33). The number of carbonyl (C=O) groups excluding carboxylic acids is 1. The van der Waals surface area contributed by atoms with Crippen LogP contribution < -0.4 is 5.32 Å². The lowest BCUT2D eigenvalue weighted by Crippen LogP contribution is -2.23. The third-order valence-electron chi connectivity index (χ3n) is 5.60. The molecule has 0 aliphatic carbocycles. The number of hydrogen-bond donors (Lipinski definition) is 1. The van der Waals surface area contributed by atoms with Crippen LogP contribution >= 0.6 is 11.3 Å². The predicted octanol–water partition coefficient (Wildman–Crippen LogP) is 5.54. The fourth-order valence-electron chi connectivity index (χ4n) is 3.44. The van der Waals surface area contributed by atoms with Gasteiger partial charge in [0.2, 0.25) is 0 Å². The predicted molar refractivity (Wildman–Crippen MR) is 135 cm³/mol. The monoisotopic (exact) mass is 545 g/mol. The van der Waals surface area contributed by atoms with E-state index in [4.69, 9.17) is 0 Å². The summed E-state index contributed by atoms with van der Waals surface area (Å²) in [5, 5.41) is 5.39. The van der Waals surface area contributed by atoms with Crippen LogP contribution in [0.5, 0.6) is 0 Å². The fraction of sp³-hybridized carbons (Fsp3) is 0.192. The molecule has 4 aromatic rings. The molecule has 4 rings (SSSR count). The lowest BCUT2D eigenvalue weighted by atomic mass is 10.1. The Bertz CT molecular complexity index is 1480. The second-order valence-electron chi connectivity index (χ2n) is 8.15. The Labute approximate surface area is 216 Å². The average Bonchev–Trinajstić information content (AvgIpc) is 3.36. The van der Waals surface area contributed by atoms with E-state index in [9.17, 15) is 26.4 Å². The van der Waals surface area contributed by atoms with Crippen LogP contribution in [0, 0.1) is 0 Å². The Balaban J connectivity index is 1.35. The number of nitrogens with zero attached hydrogens (tertiary/aromatic N) is 2. The average molecular weight is 546 g/mol. The normalized spacial score (nSPS) is 11.9. The van der Waals surface area contributed by atoms with Gasteiger partial charge in [-0.2, -0.15) is 13.2 Å². The molecule has 2 heterocycles. The minimum absolute atomic E-state index is 0.0118. The maximum Gasteiger partial charge on any atom is 0.416 e. The molecule has 0 saturated heterocycles. The van der Waals surface area contributed by atoms with Crippen molar-refractivity contribution < 1.29 is 26.4 Å². The molecule has 0 saturated carbocycles. The number of amides is 1. The van der Waals surface area contributed by atoms with Gasteiger partial charge in [-0.05, 0) is 42.0 Å². The van der Waals surface area contributed by atoms with E-state index in [1.54, 1.807) is 37.3 Å². The van der Waals surface area contributed by atoms with Gasteiger partial charge in [-0.15, -0.1) is 11.3 Å². The van der Waals surface area contributed by atoms with E-state index in [0.29, 0.717) is 23.4 Å². The maximum absolute atomic E-state index is 12.7. The number of nitrogens with one attached hydrogen (secondary N) is 1. The zero-order valence-electron chi connectivity index (χ0n) is 19.6. The second-order valence-corrected chi connectivity index (χ2v) is 11.4. The number of alkyl halides is 3. The number of aromatic nitrogens is 2. The second kappa shape index (κ2) is 10.8. The first-order valence-corrected chi connectivity index (χ1v) is 13.8. The van der Waals surface area contributed by atoms with Crippen LogP contribution in [0.3, 0.4) is 0 Å². The lowest BCUT2D eigenvalue weighted by molar-refractivity contribution is -0.137. The van der Waals surface area contributed by atoms with Crippen molar-refractivity contribution in [3.63, 3.8) is 0 Å². The van der Waals surface area contributed by atoms with Gasteiger partial charge in [0, 0.05) is 29.1 Å². The summed E-state index contributed by atoms with van der Waals surface area (Å²) < 4.78 is 62.0. The van der Waals surface area contributed by atoms with E-state index in [-0.39, 0.29) is 23.1 Å². The van der Waals surface area contributed by atoms with E-state index in [0.717, 1.165) is 28.3 Å². The molecule has 6 nitrogen and oxygen atoms in total. The summed E-state index contributed by atoms with van der Waals surface area (Å²) in [7, 11) is -3.33. The minimum Gasteiger partial charge on any atom is -0.346 e. The molecule has 37 heavy (non-hydrogen) atoms. The van der Waals surface area contributed by atoms with Crippen LogP contribution in [-0.4, -0.2) is 30.0 Å². The molecule has 0 radical (unpaired) electrons. The molecule has 0 atom stereocenters. The van der Waals surface area contributed by atoms with Crippen LogP contribution in [-0.2, 0) is 29.0 Å². The van der Waals surface area contributed by atoms with Gasteiger partial charge in [-0.3, -0.25) is 9.78 Å². The number of halogens is 3. The molecule has 0 aliphatic heterocycles. The zero-order chi connectivity index (χ0) is 26.6. The maximum atomic E-state index is 12.7. The van der Waals surface area contributed by atoms with E-state index < -0.39 is 21.6 Å². The van der Waals surface area contributed by atoms with Gasteiger partial charge >= 0.3 is 6.18 Å². The quantitative estimate of drug-likeness (QED) is 0.314. The Morgan fingerprint density at radius 2 is 1.70 bits per heavy atom. The van der Waals surface area contributed by atoms with Gasteiger partial charge in [0.15, 0.2) is 9.84 Å². The number of pyridine rings is 1. The van der Waals surface area contributed by atoms with Gasteiger partial charge in [-0.1, -0.05) is 31.2 Å². The van der Waals surface area contributed by atoms with Crippen LogP contribution in [0.2, 0.25) is 0 Å². The summed E-state index contributed by atoms with van der Waals surface area (Å²) in [6, 6.07) is 15.0. The molecule has 1 amide bonds. The number of thiazole rings is 1. The molecule has 2 aromatic heterocycles. The first kappa shape index (κ1) is 26.5. The molecule has 0 aliphatic rings. The van der Waals surface area contributed by atoms with Gasteiger partial charge < -0.3 is 5.32 Å². The number of benzene rings is 2. The topological polar surface area (TPSA) is 89.0 Å². The molecule has 0 bridgehead atoms. The first-order chi connectivity index (χ1) is 17.5. The van der Waals surface area contributed by atoms with Gasteiger partial charge in [-0.25, -0.2) is 13.4 Å². The van der Waals surface area contributed by atoms with Crippen molar-refractivity contribution in [2.45, 2.75) is 31.0 Å². The smallest absolute Gasteiger partial charge is 0.346 e. The lowest BCUT2D eigenvalue weighted by Gasteiger charge is -2.07.